The van der Waals surface area contributed by atoms with Crippen LogP contribution in [0.15, 0.2) is 42.5 Å². The number of methoxy groups -OCH3 is 2. The van der Waals surface area contributed by atoms with E-state index in [4.69, 9.17) is 14.2 Å². The van der Waals surface area contributed by atoms with Crippen molar-refractivity contribution in [3.8, 4) is 17.2 Å². The number of carbonyl (C=O) groups excluding carboxylic acids is 2. The van der Waals surface area contributed by atoms with Crippen molar-refractivity contribution in [1.82, 2.24) is 10.9 Å². The molecule has 2 aromatic carbocycles. The number of hydrogen-bond acceptors (Lipinski definition) is 5. The lowest BCUT2D eigenvalue weighted by Crippen LogP contribution is -2.43. The van der Waals surface area contributed by atoms with Gasteiger partial charge in [0.05, 0.1) is 14.2 Å². The van der Waals surface area contributed by atoms with Crippen LogP contribution in [0.1, 0.15) is 36.7 Å². The highest BCUT2D eigenvalue weighted by Gasteiger charge is 2.19. The van der Waals surface area contributed by atoms with Gasteiger partial charge < -0.3 is 14.2 Å². The Morgan fingerprint density at radius 2 is 1.57 bits per heavy atom. The lowest BCUT2D eigenvalue weighted by Gasteiger charge is -2.22. The Bertz CT molecular complexity index is 843. The van der Waals surface area contributed by atoms with Gasteiger partial charge in [0.1, 0.15) is 5.75 Å². The highest BCUT2D eigenvalue weighted by Crippen LogP contribution is 2.31. The molecule has 0 aliphatic carbocycles. The number of benzene rings is 2. The molecule has 2 rings (SSSR count). The van der Waals surface area contributed by atoms with Gasteiger partial charge in [0, 0.05) is 5.56 Å². The average molecular weight is 386 g/mol. The summed E-state index contributed by atoms with van der Waals surface area (Å²) in [5, 5.41) is 0. The summed E-state index contributed by atoms with van der Waals surface area (Å²) < 4.78 is 15.9. The summed E-state index contributed by atoms with van der Waals surface area (Å²) in [7, 11) is 2.99. The van der Waals surface area contributed by atoms with Crippen molar-refractivity contribution in [3.63, 3.8) is 0 Å². The van der Waals surface area contributed by atoms with Crippen molar-refractivity contribution in [2.24, 2.45) is 0 Å². The van der Waals surface area contributed by atoms with Gasteiger partial charge in [-0.1, -0.05) is 39.0 Å². The number of amides is 2. The molecule has 0 bridgehead atoms. The molecule has 0 aliphatic heterocycles. The fraction of sp³-hybridized carbons (Fsp3) is 0.333. The number of nitrogens with one attached hydrogen (secondary N) is 2. The number of ether oxygens (including phenoxy) is 3. The van der Waals surface area contributed by atoms with E-state index >= 15 is 0 Å². The lowest BCUT2D eigenvalue weighted by molar-refractivity contribution is -0.123. The van der Waals surface area contributed by atoms with E-state index in [9.17, 15) is 9.59 Å². The zero-order valence-electron chi connectivity index (χ0n) is 16.8. The predicted molar refractivity (Wildman–Crippen MR) is 106 cm³/mol. The first kappa shape index (κ1) is 21.1. The Morgan fingerprint density at radius 3 is 2.21 bits per heavy atom. The second kappa shape index (κ2) is 9.12. The Labute approximate surface area is 165 Å². The third kappa shape index (κ3) is 5.39. The van der Waals surface area contributed by atoms with Crippen LogP contribution in [0, 0.1) is 0 Å². The van der Waals surface area contributed by atoms with Crippen molar-refractivity contribution in [3.05, 3.63) is 53.6 Å². The smallest absolute Gasteiger partial charge is 0.276 e. The van der Waals surface area contributed by atoms with Gasteiger partial charge in [0.2, 0.25) is 0 Å². The van der Waals surface area contributed by atoms with Gasteiger partial charge in [0.15, 0.2) is 18.1 Å². The maximum Gasteiger partial charge on any atom is 0.276 e. The van der Waals surface area contributed by atoms with E-state index in [1.54, 1.807) is 12.1 Å². The summed E-state index contributed by atoms with van der Waals surface area (Å²) in [5.41, 5.74) is 5.89. The molecule has 0 radical (unpaired) electrons. The number of carbonyl (C=O) groups is 2. The number of para-hydroxylation sites is 1. The molecule has 0 aliphatic rings. The number of rotatable bonds is 6. The Morgan fingerprint density at radius 1 is 0.893 bits per heavy atom. The highest BCUT2D eigenvalue weighted by molar-refractivity contribution is 5.96. The fourth-order valence-electron chi connectivity index (χ4n) is 2.57. The molecule has 0 heterocycles. The summed E-state index contributed by atoms with van der Waals surface area (Å²) in [6.45, 7) is 5.98. The molecule has 7 heteroatoms. The van der Waals surface area contributed by atoms with E-state index in [0.717, 1.165) is 5.56 Å². The van der Waals surface area contributed by atoms with E-state index < -0.39 is 11.8 Å². The van der Waals surface area contributed by atoms with Crippen LogP contribution in [-0.2, 0) is 10.2 Å². The van der Waals surface area contributed by atoms with Crippen LogP contribution in [0.5, 0.6) is 17.2 Å². The molecule has 28 heavy (non-hydrogen) atoms. The largest absolute Gasteiger partial charge is 0.493 e. The first-order chi connectivity index (χ1) is 13.3. The molecule has 0 spiro atoms. The van der Waals surface area contributed by atoms with Gasteiger partial charge >= 0.3 is 0 Å². The second-order valence-corrected chi connectivity index (χ2v) is 7.11. The lowest BCUT2D eigenvalue weighted by atomic mass is 9.86. The molecule has 150 valence electrons. The maximum absolute atomic E-state index is 12.2. The monoisotopic (exact) mass is 386 g/mol. The van der Waals surface area contributed by atoms with Gasteiger partial charge in [-0.05, 0) is 35.2 Å². The zero-order valence-corrected chi connectivity index (χ0v) is 16.8. The molecule has 2 aromatic rings. The van der Waals surface area contributed by atoms with Gasteiger partial charge in [0.25, 0.3) is 11.8 Å². The second-order valence-electron chi connectivity index (χ2n) is 7.11. The molecular formula is C21H26N2O5. The van der Waals surface area contributed by atoms with Gasteiger partial charge in [-0.15, -0.1) is 0 Å². The van der Waals surface area contributed by atoms with Crippen molar-refractivity contribution in [2.45, 2.75) is 26.2 Å². The topological polar surface area (TPSA) is 85.9 Å². The van der Waals surface area contributed by atoms with E-state index in [1.807, 2.05) is 24.3 Å². The zero-order chi connectivity index (χ0) is 20.7. The minimum Gasteiger partial charge on any atom is -0.493 e. The van der Waals surface area contributed by atoms with Gasteiger partial charge in [-0.2, -0.15) is 0 Å². The molecule has 2 N–H and O–H groups in total. The fourth-order valence-corrected chi connectivity index (χ4v) is 2.57. The van der Waals surface area contributed by atoms with Crippen LogP contribution < -0.4 is 25.1 Å². The minimum absolute atomic E-state index is 0.116. The van der Waals surface area contributed by atoms with E-state index in [0.29, 0.717) is 22.8 Å². The molecule has 0 atom stereocenters. The van der Waals surface area contributed by atoms with Crippen LogP contribution in [0.25, 0.3) is 0 Å². The predicted octanol–water partition coefficient (Wildman–Crippen LogP) is 2.84. The van der Waals surface area contributed by atoms with Crippen LogP contribution in [0.4, 0.5) is 0 Å². The molecule has 7 nitrogen and oxygen atoms in total. The van der Waals surface area contributed by atoms with Crippen LogP contribution >= 0.6 is 0 Å². The normalized spacial score (nSPS) is 10.8. The van der Waals surface area contributed by atoms with Crippen LogP contribution in [0.2, 0.25) is 0 Å². The van der Waals surface area contributed by atoms with Crippen molar-refractivity contribution in [2.75, 3.05) is 20.8 Å². The SMILES string of the molecule is COc1ccc(C(=O)NNC(=O)COc2ccccc2C(C)(C)C)cc1OC. The first-order valence-electron chi connectivity index (χ1n) is 8.79. The van der Waals surface area contributed by atoms with Crippen LogP contribution in [0.3, 0.4) is 0 Å². The number of hydrazine groups is 1. The van der Waals surface area contributed by atoms with Gasteiger partial charge in [-0.25, -0.2) is 0 Å². The third-order valence-electron chi connectivity index (χ3n) is 4.02. The summed E-state index contributed by atoms with van der Waals surface area (Å²) in [6.07, 6.45) is 0. The Hall–Kier alpha value is -3.22. The quantitative estimate of drug-likeness (QED) is 0.746. The molecule has 0 saturated carbocycles. The van der Waals surface area contributed by atoms with Gasteiger partial charge in [-0.3, -0.25) is 20.4 Å². The summed E-state index contributed by atoms with van der Waals surface area (Å²) >= 11 is 0. The summed E-state index contributed by atoms with van der Waals surface area (Å²) in [5.74, 6) is 0.607. The van der Waals surface area contributed by atoms with E-state index in [1.165, 1.54) is 20.3 Å². The molecule has 0 saturated heterocycles. The Balaban J connectivity index is 1.92. The third-order valence-corrected chi connectivity index (χ3v) is 4.02. The first-order valence-corrected chi connectivity index (χ1v) is 8.79. The minimum atomic E-state index is -0.482. The van der Waals surface area contributed by atoms with Crippen molar-refractivity contribution >= 4 is 11.8 Å². The molecule has 2 amide bonds. The highest BCUT2D eigenvalue weighted by atomic mass is 16.5. The summed E-state index contributed by atoms with van der Waals surface area (Å²) in [6, 6.07) is 12.3. The van der Waals surface area contributed by atoms with E-state index in [-0.39, 0.29) is 12.0 Å². The maximum atomic E-state index is 12.2. The average Bonchev–Trinajstić information content (AvgIpc) is 2.69. The van der Waals surface area contributed by atoms with Crippen LogP contribution in [-0.4, -0.2) is 32.6 Å². The summed E-state index contributed by atoms with van der Waals surface area (Å²) in [4.78, 5) is 24.3. The van der Waals surface area contributed by atoms with E-state index in [2.05, 4.69) is 31.6 Å². The molecule has 0 aromatic heterocycles. The Kier molecular flexibility index (Phi) is 6.87. The molecule has 0 fully saturated rings. The number of hydrogen-bond donors (Lipinski definition) is 2. The molecular weight excluding hydrogens is 360 g/mol. The standard InChI is InChI=1S/C21H26N2O5/c1-21(2,3)15-8-6-7-9-16(15)28-13-19(24)22-23-20(25)14-10-11-17(26-4)18(12-14)27-5/h6-12H,13H2,1-5H3,(H,22,24)(H,23,25). The molecule has 0 unspecified atom stereocenters. The van der Waals surface area contributed by atoms with Crippen molar-refractivity contribution < 1.29 is 23.8 Å². The van der Waals surface area contributed by atoms with Crippen molar-refractivity contribution in [1.29, 1.82) is 0 Å².